The van der Waals surface area contributed by atoms with Crippen LogP contribution >= 0.6 is 0 Å². The summed E-state index contributed by atoms with van der Waals surface area (Å²) < 4.78 is 27.6. The summed E-state index contributed by atoms with van der Waals surface area (Å²) in [6.45, 7) is 4.77. The van der Waals surface area contributed by atoms with Gasteiger partial charge in [-0.1, -0.05) is 13.5 Å². The van der Waals surface area contributed by atoms with Crippen molar-refractivity contribution >= 4 is 16.0 Å². The van der Waals surface area contributed by atoms with E-state index < -0.39 is 16.0 Å². The quantitative estimate of drug-likeness (QED) is 0.301. The minimum atomic E-state index is -3.67. The molecule has 13 heavy (non-hydrogen) atoms. The molecule has 0 aromatic carbocycles. The van der Waals surface area contributed by atoms with E-state index >= 15 is 0 Å². The van der Waals surface area contributed by atoms with Gasteiger partial charge in [-0.2, -0.15) is 8.42 Å². The van der Waals surface area contributed by atoms with E-state index in [1.165, 1.54) is 0 Å². The van der Waals surface area contributed by atoms with Crippen LogP contribution in [0.5, 0.6) is 0 Å². The maximum atomic E-state index is 9.79. The first kappa shape index (κ1) is 18.8. The molecule has 0 atom stereocenters. The number of primary amides is 1. The van der Waals surface area contributed by atoms with Crippen molar-refractivity contribution < 1.29 is 48.7 Å². The fourth-order valence-electron chi connectivity index (χ4n) is 0.258. The number of carbonyl (C=O) groups is 1. The molecule has 74 valence electrons. The molecule has 0 aliphatic rings. The second-order valence-corrected chi connectivity index (χ2v) is 3.46. The standard InChI is InChI=1S/C3H5NO.C3H8O3S.Na.H/c1-2-3(4)5;1-2-3-7(4,5)6;;/h2H,1H2,(H2,4,5);2-3H2,1H3,(H,4,5,6);;/q;;+1;-1. The summed E-state index contributed by atoms with van der Waals surface area (Å²) in [6, 6.07) is 0. The molecular weight excluding hydrogens is 205 g/mol. The van der Waals surface area contributed by atoms with Gasteiger partial charge in [-0.05, 0) is 12.5 Å². The van der Waals surface area contributed by atoms with Crippen molar-refractivity contribution in [3.63, 3.8) is 0 Å². The number of carbonyl (C=O) groups excluding carboxylic acids is 1. The molecule has 0 aromatic heterocycles. The first-order valence-electron chi connectivity index (χ1n) is 3.20. The third-order valence-electron chi connectivity index (χ3n) is 0.663. The van der Waals surface area contributed by atoms with Crippen LogP contribution in [0.2, 0.25) is 0 Å². The molecule has 3 N–H and O–H groups in total. The van der Waals surface area contributed by atoms with E-state index in [-0.39, 0.29) is 36.7 Å². The molecule has 0 unspecified atom stereocenters. The maximum Gasteiger partial charge on any atom is 1.00 e. The molecule has 0 spiro atoms. The first-order chi connectivity index (χ1) is 5.33. The van der Waals surface area contributed by atoms with Gasteiger partial charge in [-0.15, -0.1) is 0 Å². The van der Waals surface area contributed by atoms with Crippen LogP contribution in [0.3, 0.4) is 0 Å². The Morgan fingerprint density at radius 2 is 2.00 bits per heavy atom. The van der Waals surface area contributed by atoms with Crippen LogP contribution < -0.4 is 35.3 Å². The number of amides is 1. The van der Waals surface area contributed by atoms with Crippen LogP contribution in [-0.2, 0) is 14.9 Å². The Hall–Kier alpha value is 0.120. The Morgan fingerprint density at radius 1 is 1.69 bits per heavy atom. The topological polar surface area (TPSA) is 97.5 Å². The maximum absolute atomic E-state index is 9.79. The Labute approximate surface area is 102 Å². The van der Waals surface area contributed by atoms with E-state index in [0.717, 1.165) is 6.08 Å². The fraction of sp³-hybridized carbons (Fsp3) is 0.500. The largest absolute Gasteiger partial charge is 1.00 e. The van der Waals surface area contributed by atoms with Gasteiger partial charge in [0.1, 0.15) is 0 Å². The molecule has 0 saturated heterocycles. The van der Waals surface area contributed by atoms with Gasteiger partial charge in [0.05, 0.1) is 5.75 Å². The third-order valence-corrected chi connectivity index (χ3v) is 1.59. The molecule has 0 aliphatic heterocycles. The van der Waals surface area contributed by atoms with E-state index in [0.29, 0.717) is 6.42 Å². The van der Waals surface area contributed by atoms with Gasteiger partial charge in [0, 0.05) is 0 Å². The molecular formula is C6H14NNaO4S. The fourth-order valence-corrected chi connectivity index (χ4v) is 0.774. The third kappa shape index (κ3) is 33.1. The normalized spacial score (nSPS) is 8.77. The smallest absolute Gasteiger partial charge is 1.00 e. The second kappa shape index (κ2) is 10.2. The second-order valence-electron chi connectivity index (χ2n) is 1.89. The average molecular weight is 219 g/mol. The van der Waals surface area contributed by atoms with Gasteiger partial charge in [0.15, 0.2) is 0 Å². The number of rotatable bonds is 3. The zero-order valence-electron chi connectivity index (χ0n) is 8.86. The Morgan fingerprint density at radius 3 is 2.00 bits per heavy atom. The number of hydrogen-bond acceptors (Lipinski definition) is 3. The summed E-state index contributed by atoms with van der Waals surface area (Å²) in [6.07, 6.45) is 1.53. The summed E-state index contributed by atoms with van der Waals surface area (Å²) >= 11 is 0. The van der Waals surface area contributed by atoms with Crippen molar-refractivity contribution in [2.75, 3.05) is 5.75 Å². The van der Waals surface area contributed by atoms with Crippen molar-refractivity contribution in [2.24, 2.45) is 5.73 Å². The van der Waals surface area contributed by atoms with Crippen LogP contribution in [0.1, 0.15) is 14.8 Å². The zero-order valence-corrected chi connectivity index (χ0v) is 10.7. The summed E-state index contributed by atoms with van der Waals surface area (Å²) in [7, 11) is -3.67. The zero-order chi connectivity index (χ0) is 10.2. The van der Waals surface area contributed by atoms with E-state index in [4.69, 9.17) is 4.55 Å². The molecule has 5 nitrogen and oxygen atoms in total. The SMILES string of the molecule is C=CC(N)=O.CCCS(=O)(=O)O.[H-].[Na+]. The predicted molar refractivity (Wildman–Crippen MR) is 47.2 cm³/mol. The summed E-state index contributed by atoms with van der Waals surface area (Å²) in [5.74, 6) is -0.613. The van der Waals surface area contributed by atoms with Gasteiger partial charge >= 0.3 is 29.6 Å². The van der Waals surface area contributed by atoms with Crippen LogP contribution in [0.15, 0.2) is 12.7 Å². The Balaban J connectivity index is -0.0000000651. The van der Waals surface area contributed by atoms with E-state index in [2.05, 4.69) is 12.3 Å². The van der Waals surface area contributed by atoms with Crippen LogP contribution in [0.4, 0.5) is 0 Å². The Bertz CT molecular complexity index is 242. The van der Waals surface area contributed by atoms with Crippen molar-refractivity contribution in [3.8, 4) is 0 Å². The van der Waals surface area contributed by atoms with Crippen LogP contribution in [0.25, 0.3) is 0 Å². The van der Waals surface area contributed by atoms with Gasteiger partial charge in [0.25, 0.3) is 10.1 Å². The van der Waals surface area contributed by atoms with Crippen molar-refractivity contribution in [3.05, 3.63) is 12.7 Å². The first-order valence-corrected chi connectivity index (χ1v) is 4.81. The molecule has 7 heteroatoms. The number of nitrogens with two attached hydrogens (primary N) is 1. The molecule has 0 bridgehead atoms. The summed E-state index contributed by atoms with van der Waals surface area (Å²) in [5, 5.41) is 0. The molecule has 0 radical (unpaired) electrons. The molecule has 0 saturated carbocycles. The van der Waals surface area contributed by atoms with Crippen molar-refractivity contribution in [1.82, 2.24) is 0 Å². The molecule has 0 aliphatic carbocycles. The molecule has 0 rings (SSSR count). The summed E-state index contributed by atoms with van der Waals surface area (Å²) in [4.78, 5) is 9.47. The van der Waals surface area contributed by atoms with Gasteiger partial charge in [-0.3, -0.25) is 9.35 Å². The monoisotopic (exact) mass is 219 g/mol. The minimum absolute atomic E-state index is 0. The van der Waals surface area contributed by atoms with E-state index in [1.54, 1.807) is 6.92 Å². The molecule has 0 aromatic rings. The van der Waals surface area contributed by atoms with Gasteiger partial charge in [-0.25, -0.2) is 0 Å². The van der Waals surface area contributed by atoms with Crippen LogP contribution in [-0.4, -0.2) is 24.6 Å². The average Bonchev–Trinajstić information content (AvgIpc) is 1.86. The summed E-state index contributed by atoms with van der Waals surface area (Å²) in [5.41, 5.74) is 4.53. The van der Waals surface area contributed by atoms with E-state index in [9.17, 15) is 13.2 Å². The van der Waals surface area contributed by atoms with Crippen LogP contribution in [0, 0.1) is 0 Å². The van der Waals surface area contributed by atoms with E-state index in [1.807, 2.05) is 0 Å². The van der Waals surface area contributed by atoms with Gasteiger partial charge in [0.2, 0.25) is 5.91 Å². The van der Waals surface area contributed by atoms with Crippen molar-refractivity contribution in [2.45, 2.75) is 13.3 Å². The number of hydrogen-bond donors (Lipinski definition) is 2. The predicted octanol–water partition coefficient (Wildman–Crippen LogP) is -2.94. The molecule has 0 fully saturated rings. The molecule has 0 heterocycles. The van der Waals surface area contributed by atoms with Gasteiger partial charge < -0.3 is 7.16 Å². The minimum Gasteiger partial charge on any atom is -1.00 e. The van der Waals surface area contributed by atoms with Crippen molar-refractivity contribution in [1.29, 1.82) is 0 Å². The molecule has 1 amide bonds. The Kier molecular flexibility index (Phi) is 14.8.